The second-order valence-corrected chi connectivity index (χ2v) is 8.90. The largest absolute Gasteiger partial charge is 0.468 e. The molecule has 2 heterocycles. The van der Waals surface area contributed by atoms with Gasteiger partial charge in [-0.05, 0) is 59.7 Å². The average Bonchev–Trinajstić information content (AvgIpc) is 3.35. The fraction of sp³-hybridized carbons (Fsp3) is 0.192. The molecule has 6 nitrogen and oxygen atoms in total. The van der Waals surface area contributed by atoms with E-state index < -0.39 is 52.8 Å². The van der Waals surface area contributed by atoms with Gasteiger partial charge in [-0.25, -0.2) is 13.7 Å². The second kappa shape index (κ2) is 8.55. The number of imide groups is 1. The van der Waals surface area contributed by atoms with Crippen LogP contribution in [0.3, 0.4) is 0 Å². The van der Waals surface area contributed by atoms with Gasteiger partial charge in [0, 0.05) is 5.02 Å². The quantitative estimate of drug-likeness (QED) is 0.439. The molecule has 0 unspecified atom stereocenters. The lowest BCUT2D eigenvalue weighted by Gasteiger charge is -2.36. The number of carbonyl (C=O) groups excluding carboxylic acids is 3. The van der Waals surface area contributed by atoms with Crippen LogP contribution >= 0.6 is 11.6 Å². The Balaban J connectivity index is 1.75. The van der Waals surface area contributed by atoms with Crippen LogP contribution in [0.25, 0.3) is 0 Å². The van der Waals surface area contributed by atoms with Crippen molar-refractivity contribution >= 4 is 35.1 Å². The first kappa shape index (κ1) is 23.1. The van der Waals surface area contributed by atoms with Crippen molar-refractivity contribution in [1.82, 2.24) is 5.32 Å². The summed E-state index contributed by atoms with van der Waals surface area (Å²) in [4.78, 5) is 41.5. The predicted molar refractivity (Wildman–Crippen MR) is 123 cm³/mol. The molecule has 2 fully saturated rings. The van der Waals surface area contributed by atoms with Crippen LogP contribution < -0.4 is 10.2 Å². The van der Waals surface area contributed by atoms with E-state index >= 15 is 0 Å². The van der Waals surface area contributed by atoms with Crippen LogP contribution in [0.4, 0.5) is 14.5 Å². The summed E-state index contributed by atoms with van der Waals surface area (Å²) in [6.07, 6.45) is 0. The molecule has 35 heavy (non-hydrogen) atoms. The number of nitrogens with one attached hydrogen (secondary N) is 1. The zero-order valence-corrected chi connectivity index (χ0v) is 19.1. The van der Waals surface area contributed by atoms with Gasteiger partial charge in [0.05, 0.1) is 30.2 Å². The van der Waals surface area contributed by atoms with Gasteiger partial charge in [-0.2, -0.15) is 0 Å². The minimum Gasteiger partial charge on any atom is -0.468 e. The molecule has 2 amide bonds. The normalized spacial score (nSPS) is 22.9. The number of benzene rings is 3. The Hall–Kier alpha value is -3.62. The lowest BCUT2D eigenvalue weighted by Crippen LogP contribution is -2.52. The highest BCUT2D eigenvalue weighted by Crippen LogP contribution is 2.52. The van der Waals surface area contributed by atoms with Crippen LogP contribution in [0.2, 0.25) is 5.02 Å². The Morgan fingerprint density at radius 1 is 0.886 bits per heavy atom. The van der Waals surface area contributed by atoms with E-state index in [1.807, 2.05) is 0 Å². The number of amides is 2. The summed E-state index contributed by atoms with van der Waals surface area (Å²) in [6, 6.07) is 15.8. The summed E-state index contributed by atoms with van der Waals surface area (Å²) < 4.78 is 32.7. The molecule has 0 aliphatic carbocycles. The maximum absolute atomic E-state index is 14.0. The number of hydrogen-bond donors (Lipinski definition) is 1. The van der Waals surface area contributed by atoms with Gasteiger partial charge in [-0.3, -0.25) is 19.7 Å². The van der Waals surface area contributed by atoms with Crippen molar-refractivity contribution in [2.75, 3.05) is 12.0 Å². The van der Waals surface area contributed by atoms with Crippen molar-refractivity contribution in [2.24, 2.45) is 11.8 Å². The highest BCUT2D eigenvalue weighted by molar-refractivity contribution is 6.31. The van der Waals surface area contributed by atoms with Gasteiger partial charge in [0.2, 0.25) is 11.8 Å². The standard InChI is InChI=1S/C26H19ClF2N2O4/c1-35-25(34)22-20-21(24(33)31(23(20)32)19-12-6-16(27)7-13-19)26(30-22,14-2-8-17(28)9-3-14)15-4-10-18(29)11-5-15/h2-13,20-22,30H,1H3/t20-,21+,22+/m1/s1. The number of nitrogens with zero attached hydrogens (tertiary/aromatic N) is 1. The van der Waals surface area contributed by atoms with Gasteiger partial charge in [0.1, 0.15) is 17.7 Å². The Bertz CT molecular complexity index is 1270. The molecule has 0 aromatic heterocycles. The number of anilines is 1. The van der Waals surface area contributed by atoms with Crippen molar-refractivity contribution in [1.29, 1.82) is 0 Å². The lowest BCUT2D eigenvalue weighted by molar-refractivity contribution is -0.145. The topological polar surface area (TPSA) is 75.7 Å². The van der Waals surface area contributed by atoms with Crippen molar-refractivity contribution < 1.29 is 27.9 Å². The van der Waals surface area contributed by atoms with Crippen LogP contribution in [-0.4, -0.2) is 30.9 Å². The maximum Gasteiger partial charge on any atom is 0.323 e. The fourth-order valence-corrected chi connectivity index (χ4v) is 5.33. The molecule has 2 aliphatic rings. The van der Waals surface area contributed by atoms with Crippen LogP contribution in [0.15, 0.2) is 72.8 Å². The molecule has 0 saturated carbocycles. The molecule has 3 aromatic rings. The van der Waals surface area contributed by atoms with Crippen LogP contribution in [0, 0.1) is 23.5 Å². The molecular weight excluding hydrogens is 478 g/mol. The van der Waals surface area contributed by atoms with Crippen molar-refractivity contribution in [2.45, 2.75) is 11.6 Å². The summed E-state index contributed by atoms with van der Waals surface area (Å²) >= 11 is 5.98. The minimum absolute atomic E-state index is 0.300. The van der Waals surface area contributed by atoms with Gasteiger partial charge in [-0.1, -0.05) is 35.9 Å². The third kappa shape index (κ3) is 3.52. The predicted octanol–water partition coefficient (Wildman–Crippen LogP) is 3.81. The molecule has 1 N–H and O–H groups in total. The highest BCUT2D eigenvalue weighted by atomic mass is 35.5. The average molecular weight is 497 g/mol. The first-order valence-electron chi connectivity index (χ1n) is 10.8. The van der Waals surface area contributed by atoms with E-state index in [0.717, 1.165) is 4.90 Å². The lowest BCUT2D eigenvalue weighted by atomic mass is 9.71. The van der Waals surface area contributed by atoms with Crippen LogP contribution in [-0.2, 0) is 24.7 Å². The van der Waals surface area contributed by atoms with Crippen molar-refractivity contribution in [3.8, 4) is 0 Å². The summed E-state index contributed by atoms with van der Waals surface area (Å²) in [6.45, 7) is 0. The van der Waals surface area contributed by atoms with E-state index in [-0.39, 0.29) is 0 Å². The molecule has 0 bridgehead atoms. The highest BCUT2D eigenvalue weighted by Gasteiger charge is 2.68. The number of ether oxygens (including phenoxy) is 1. The first-order chi connectivity index (χ1) is 16.8. The van der Waals surface area contributed by atoms with E-state index in [1.165, 1.54) is 67.8 Å². The molecule has 2 aliphatic heterocycles. The zero-order valence-electron chi connectivity index (χ0n) is 18.4. The summed E-state index contributed by atoms with van der Waals surface area (Å²) in [7, 11) is 1.19. The molecule has 3 aromatic carbocycles. The Morgan fingerprint density at radius 2 is 1.40 bits per heavy atom. The zero-order chi connectivity index (χ0) is 24.9. The third-order valence-electron chi connectivity index (χ3n) is 6.70. The summed E-state index contributed by atoms with van der Waals surface area (Å²) in [5, 5.41) is 3.59. The number of carbonyl (C=O) groups is 3. The fourth-order valence-electron chi connectivity index (χ4n) is 5.20. The molecule has 2 saturated heterocycles. The smallest absolute Gasteiger partial charge is 0.323 e. The van der Waals surface area contributed by atoms with E-state index in [2.05, 4.69) is 5.32 Å². The van der Waals surface area contributed by atoms with Gasteiger partial charge < -0.3 is 4.74 Å². The first-order valence-corrected chi connectivity index (χ1v) is 11.2. The van der Waals surface area contributed by atoms with Crippen LogP contribution in [0.1, 0.15) is 11.1 Å². The van der Waals surface area contributed by atoms with Crippen molar-refractivity contribution in [3.63, 3.8) is 0 Å². The summed E-state index contributed by atoms with van der Waals surface area (Å²) in [5.41, 5.74) is -0.273. The molecule has 0 radical (unpaired) electrons. The van der Waals surface area contributed by atoms with E-state index in [0.29, 0.717) is 21.8 Å². The maximum atomic E-state index is 14.0. The number of methoxy groups -OCH3 is 1. The van der Waals surface area contributed by atoms with Gasteiger partial charge in [0.25, 0.3) is 0 Å². The van der Waals surface area contributed by atoms with Crippen molar-refractivity contribution in [3.05, 3.63) is 101 Å². The van der Waals surface area contributed by atoms with Gasteiger partial charge in [0.15, 0.2) is 0 Å². The molecule has 178 valence electrons. The Morgan fingerprint density at radius 3 is 1.89 bits per heavy atom. The molecule has 5 rings (SSSR count). The van der Waals surface area contributed by atoms with Crippen LogP contribution in [0.5, 0.6) is 0 Å². The van der Waals surface area contributed by atoms with E-state index in [1.54, 1.807) is 12.1 Å². The minimum atomic E-state index is -1.45. The van der Waals surface area contributed by atoms with E-state index in [4.69, 9.17) is 16.3 Å². The number of esters is 1. The van der Waals surface area contributed by atoms with Gasteiger partial charge >= 0.3 is 5.97 Å². The molecule has 0 spiro atoms. The van der Waals surface area contributed by atoms with Gasteiger partial charge in [-0.15, -0.1) is 0 Å². The third-order valence-corrected chi connectivity index (χ3v) is 6.95. The molecule has 3 atom stereocenters. The number of hydrogen-bond acceptors (Lipinski definition) is 5. The second-order valence-electron chi connectivity index (χ2n) is 8.46. The number of rotatable bonds is 4. The summed E-state index contributed by atoms with van der Waals surface area (Å²) in [5.74, 6) is -5.11. The number of halogens is 3. The molecule has 9 heteroatoms. The van der Waals surface area contributed by atoms with E-state index in [9.17, 15) is 23.2 Å². The Labute approximate surface area is 204 Å². The Kier molecular flexibility index (Phi) is 5.65. The monoisotopic (exact) mass is 496 g/mol. The number of fused-ring (bicyclic) bond motifs is 1. The SMILES string of the molecule is COC(=O)[C@H]1NC(c2ccc(F)cc2)(c2ccc(F)cc2)[C@@H]2C(=O)N(c3ccc(Cl)cc3)C(=O)[C@@H]12. The molecular formula is C26H19ClF2N2O4.